The van der Waals surface area contributed by atoms with E-state index >= 15 is 0 Å². The molecule has 1 unspecified atom stereocenters. The number of nitrogens with two attached hydrogens (primary N) is 1. The maximum atomic E-state index is 13.0. The van der Waals surface area contributed by atoms with Crippen molar-refractivity contribution in [1.29, 1.82) is 0 Å². The summed E-state index contributed by atoms with van der Waals surface area (Å²) in [5.41, 5.74) is 4.98. The maximum absolute atomic E-state index is 13.0. The van der Waals surface area contributed by atoms with Crippen molar-refractivity contribution in [1.82, 2.24) is 4.90 Å². The van der Waals surface area contributed by atoms with Gasteiger partial charge in [0.05, 0.1) is 29.7 Å². The Bertz CT molecular complexity index is 763. The lowest BCUT2D eigenvalue weighted by atomic mass is 10.1. The molecule has 10 heteroatoms. The minimum absolute atomic E-state index is 0.0205. The summed E-state index contributed by atoms with van der Waals surface area (Å²) in [6.07, 6.45) is -3.81. The van der Waals surface area contributed by atoms with Gasteiger partial charge in [0.15, 0.2) is 15.8 Å². The summed E-state index contributed by atoms with van der Waals surface area (Å²) in [6.45, 7) is 3.29. The van der Waals surface area contributed by atoms with Crippen LogP contribution in [0, 0.1) is 0 Å². The highest BCUT2D eigenvalue weighted by atomic mass is 32.2. The highest BCUT2D eigenvalue weighted by Gasteiger charge is 2.32. The number of ether oxygens (including phenoxy) is 1. The van der Waals surface area contributed by atoms with Crippen LogP contribution in [-0.2, 0) is 27.3 Å². The molecule has 1 aliphatic heterocycles. The Morgan fingerprint density at radius 3 is 2.64 bits per heavy atom. The molecule has 140 valence electrons. The molecule has 6 nitrogen and oxygen atoms in total. The van der Waals surface area contributed by atoms with Gasteiger partial charge in [-0.2, -0.15) is 13.2 Å². The van der Waals surface area contributed by atoms with Gasteiger partial charge in [0.2, 0.25) is 0 Å². The predicted molar refractivity (Wildman–Crippen MR) is 86.9 cm³/mol. The molecule has 1 atom stereocenters. The van der Waals surface area contributed by atoms with Crippen molar-refractivity contribution >= 4 is 15.8 Å². The minimum atomic E-state index is -4.65. The molecule has 2 rings (SSSR count). The lowest BCUT2D eigenvalue weighted by Crippen LogP contribution is -2.47. The number of morpholine rings is 1. The molecule has 1 fully saturated rings. The molecule has 2 N–H and O–H groups in total. The van der Waals surface area contributed by atoms with Crippen LogP contribution in [0.5, 0.6) is 0 Å². The lowest BCUT2D eigenvalue weighted by Gasteiger charge is -2.31. The topological polar surface area (TPSA) is 85.0 Å². The predicted octanol–water partition coefficient (Wildman–Crippen LogP) is 1.64. The number of hydrogen-bond donors (Lipinski definition) is 1. The summed E-state index contributed by atoms with van der Waals surface area (Å²) < 4.78 is 67.6. The van der Waals surface area contributed by atoms with Crippen molar-refractivity contribution in [2.24, 2.45) is 10.7 Å². The molecule has 0 spiro atoms. The molecule has 1 saturated heterocycles. The fourth-order valence-electron chi connectivity index (χ4n) is 2.43. The number of guanidine groups is 1. The van der Waals surface area contributed by atoms with Gasteiger partial charge in [-0.15, -0.1) is 0 Å². The first-order chi connectivity index (χ1) is 11.5. The first-order valence-electron chi connectivity index (χ1n) is 7.54. The molecule has 0 radical (unpaired) electrons. The Labute approximate surface area is 144 Å². The average Bonchev–Trinajstić information content (AvgIpc) is 2.50. The third-order valence-corrected chi connectivity index (χ3v) is 4.80. The molecule has 1 heterocycles. The maximum Gasteiger partial charge on any atom is 0.416 e. The quantitative estimate of drug-likeness (QED) is 0.638. The summed E-state index contributed by atoms with van der Waals surface area (Å²) in [6, 6.07) is 2.69. The number of halogens is 3. The Morgan fingerprint density at radius 1 is 1.40 bits per heavy atom. The summed E-state index contributed by atoms with van der Waals surface area (Å²) in [7, 11) is -3.78. The van der Waals surface area contributed by atoms with Gasteiger partial charge >= 0.3 is 6.18 Å². The van der Waals surface area contributed by atoms with E-state index in [0.717, 1.165) is 12.3 Å². The average molecular weight is 379 g/mol. The van der Waals surface area contributed by atoms with E-state index < -0.39 is 26.5 Å². The van der Waals surface area contributed by atoms with Crippen LogP contribution in [0.2, 0.25) is 0 Å². The van der Waals surface area contributed by atoms with Gasteiger partial charge in [0, 0.05) is 19.3 Å². The zero-order chi connectivity index (χ0) is 18.8. The standard InChI is InChI=1S/C15H20F3N3O3S/c1-10-9-21(3-4-24-10)14(19)20-8-11-5-12(15(16,17)18)7-13(6-11)25(2,22)23/h5-7,10H,3-4,8-9H2,1-2H3,(H2,19,20). The number of hydrogen-bond acceptors (Lipinski definition) is 4. The van der Waals surface area contributed by atoms with E-state index in [2.05, 4.69) is 4.99 Å². The number of aliphatic imine (C=N–C) groups is 1. The highest BCUT2D eigenvalue weighted by molar-refractivity contribution is 7.90. The number of sulfone groups is 1. The van der Waals surface area contributed by atoms with Gasteiger partial charge in [-0.3, -0.25) is 0 Å². The second kappa shape index (κ2) is 7.20. The molecule has 1 aromatic carbocycles. The van der Waals surface area contributed by atoms with Crippen LogP contribution >= 0.6 is 0 Å². The van der Waals surface area contributed by atoms with Crippen molar-refractivity contribution in [3.8, 4) is 0 Å². The van der Waals surface area contributed by atoms with E-state index in [1.54, 1.807) is 4.90 Å². The van der Waals surface area contributed by atoms with Crippen LogP contribution in [0.4, 0.5) is 13.2 Å². The van der Waals surface area contributed by atoms with Crippen LogP contribution in [0.15, 0.2) is 28.1 Å². The smallest absolute Gasteiger partial charge is 0.375 e. The summed E-state index contributed by atoms with van der Waals surface area (Å²) in [5, 5.41) is 0. The Kier molecular flexibility index (Phi) is 5.62. The van der Waals surface area contributed by atoms with Gasteiger partial charge < -0.3 is 15.4 Å². The fourth-order valence-corrected chi connectivity index (χ4v) is 3.14. The van der Waals surface area contributed by atoms with Crippen LogP contribution in [0.25, 0.3) is 0 Å². The van der Waals surface area contributed by atoms with Crippen LogP contribution in [0.1, 0.15) is 18.1 Å². The van der Waals surface area contributed by atoms with Gasteiger partial charge in [0.25, 0.3) is 0 Å². The van der Waals surface area contributed by atoms with Crippen molar-refractivity contribution in [2.45, 2.75) is 30.6 Å². The van der Waals surface area contributed by atoms with Gasteiger partial charge in [-0.25, -0.2) is 13.4 Å². The molecule has 0 amide bonds. The Balaban J connectivity index is 2.27. The lowest BCUT2D eigenvalue weighted by molar-refractivity contribution is -0.137. The number of rotatable bonds is 3. The van der Waals surface area contributed by atoms with Crippen molar-refractivity contribution in [3.05, 3.63) is 29.3 Å². The summed E-state index contributed by atoms with van der Waals surface area (Å²) >= 11 is 0. The number of benzene rings is 1. The molecule has 0 saturated carbocycles. The fraction of sp³-hybridized carbons (Fsp3) is 0.533. The van der Waals surface area contributed by atoms with Gasteiger partial charge in [-0.1, -0.05) is 0 Å². The van der Waals surface area contributed by atoms with E-state index in [1.807, 2.05) is 6.92 Å². The SMILES string of the molecule is CC1CN(C(N)=NCc2cc(C(F)(F)F)cc(S(C)(=O)=O)c2)CCO1. The largest absolute Gasteiger partial charge is 0.416 e. The normalized spacial score (nSPS) is 20.0. The van der Waals surface area contributed by atoms with Crippen molar-refractivity contribution in [3.63, 3.8) is 0 Å². The molecule has 0 aliphatic carbocycles. The second-order valence-electron chi connectivity index (χ2n) is 5.94. The Morgan fingerprint density at radius 2 is 2.08 bits per heavy atom. The van der Waals surface area contributed by atoms with E-state index in [0.29, 0.717) is 25.8 Å². The molecule has 0 aromatic heterocycles. The highest BCUT2D eigenvalue weighted by Crippen LogP contribution is 2.32. The minimum Gasteiger partial charge on any atom is -0.375 e. The zero-order valence-corrected chi connectivity index (χ0v) is 14.7. The monoisotopic (exact) mass is 379 g/mol. The molecule has 1 aliphatic rings. The van der Waals surface area contributed by atoms with Gasteiger partial charge in [0.1, 0.15) is 0 Å². The number of nitrogens with zero attached hydrogens (tertiary/aromatic N) is 2. The zero-order valence-electron chi connectivity index (χ0n) is 13.9. The molecule has 1 aromatic rings. The summed E-state index contributed by atoms with van der Waals surface area (Å²) in [4.78, 5) is 5.48. The molecular weight excluding hydrogens is 359 g/mol. The molecule has 25 heavy (non-hydrogen) atoms. The second-order valence-corrected chi connectivity index (χ2v) is 7.95. The first kappa shape index (κ1) is 19.5. The summed E-state index contributed by atoms with van der Waals surface area (Å²) in [5.74, 6) is 0.188. The molecule has 0 bridgehead atoms. The van der Waals surface area contributed by atoms with E-state index in [9.17, 15) is 21.6 Å². The van der Waals surface area contributed by atoms with Crippen LogP contribution < -0.4 is 5.73 Å². The first-order valence-corrected chi connectivity index (χ1v) is 9.43. The number of alkyl halides is 3. The van der Waals surface area contributed by atoms with E-state index in [4.69, 9.17) is 10.5 Å². The van der Waals surface area contributed by atoms with E-state index in [-0.39, 0.29) is 24.2 Å². The van der Waals surface area contributed by atoms with Gasteiger partial charge in [-0.05, 0) is 30.7 Å². The van der Waals surface area contributed by atoms with E-state index in [1.165, 1.54) is 6.07 Å². The van der Waals surface area contributed by atoms with Crippen molar-refractivity contribution < 1.29 is 26.3 Å². The Hall–Kier alpha value is -1.81. The van der Waals surface area contributed by atoms with Crippen LogP contribution in [0.3, 0.4) is 0 Å². The molecular formula is C15H20F3N3O3S. The van der Waals surface area contributed by atoms with Crippen LogP contribution in [-0.4, -0.2) is 51.3 Å². The van der Waals surface area contributed by atoms with Crippen molar-refractivity contribution in [2.75, 3.05) is 26.0 Å². The third-order valence-electron chi connectivity index (χ3n) is 3.71. The third kappa shape index (κ3) is 5.33.